The predicted octanol–water partition coefficient (Wildman–Crippen LogP) is 2.22. The highest BCUT2D eigenvalue weighted by atomic mass is 32.2. The molecule has 0 amide bonds. The van der Waals surface area contributed by atoms with Crippen molar-refractivity contribution in [3.8, 4) is 5.75 Å². The van der Waals surface area contributed by atoms with Gasteiger partial charge in [-0.2, -0.15) is 4.31 Å². The normalized spacial score (nSPS) is 12.7. The Labute approximate surface area is 128 Å². The summed E-state index contributed by atoms with van der Waals surface area (Å²) in [6.07, 6.45) is 0.725. The second-order valence-electron chi connectivity index (χ2n) is 5.65. The predicted molar refractivity (Wildman–Crippen MR) is 85.1 cm³/mol. The summed E-state index contributed by atoms with van der Waals surface area (Å²) in [6.45, 7) is 6.45. The van der Waals surface area contributed by atoms with Crippen molar-refractivity contribution in [3.63, 3.8) is 0 Å². The van der Waals surface area contributed by atoms with Gasteiger partial charge in [0.1, 0.15) is 10.6 Å². The van der Waals surface area contributed by atoms with Gasteiger partial charge in [0, 0.05) is 19.1 Å². The SMILES string of the molecule is CCC(C)(C)N(C)S(=O)(=O)c1ccc(CNC)cc1OC. The van der Waals surface area contributed by atoms with Crippen LogP contribution in [-0.4, -0.2) is 39.5 Å². The van der Waals surface area contributed by atoms with E-state index in [0.29, 0.717) is 12.3 Å². The van der Waals surface area contributed by atoms with Crippen molar-refractivity contribution in [1.82, 2.24) is 9.62 Å². The lowest BCUT2D eigenvalue weighted by Crippen LogP contribution is -2.44. The van der Waals surface area contributed by atoms with Crippen LogP contribution in [0.2, 0.25) is 0 Å². The number of methoxy groups -OCH3 is 1. The summed E-state index contributed by atoms with van der Waals surface area (Å²) >= 11 is 0. The fraction of sp³-hybridized carbons (Fsp3) is 0.600. The Morgan fingerprint density at radius 1 is 1.33 bits per heavy atom. The first-order chi connectivity index (χ1) is 9.70. The maximum Gasteiger partial charge on any atom is 0.246 e. The Hall–Kier alpha value is -1.11. The van der Waals surface area contributed by atoms with E-state index >= 15 is 0 Å². The quantitative estimate of drug-likeness (QED) is 0.838. The van der Waals surface area contributed by atoms with Gasteiger partial charge < -0.3 is 10.1 Å². The van der Waals surface area contributed by atoms with Gasteiger partial charge in [-0.25, -0.2) is 8.42 Å². The molecular formula is C15H26N2O3S. The lowest BCUT2D eigenvalue weighted by molar-refractivity contribution is 0.256. The third-order valence-electron chi connectivity index (χ3n) is 3.97. The molecule has 0 bridgehead atoms. The summed E-state index contributed by atoms with van der Waals surface area (Å²) in [4.78, 5) is 0.203. The fourth-order valence-electron chi connectivity index (χ4n) is 1.93. The van der Waals surface area contributed by atoms with Gasteiger partial charge in [-0.3, -0.25) is 0 Å². The molecule has 0 aliphatic carbocycles. The van der Waals surface area contributed by atoms with Gasteiger partial charge in [0.15, 0.2) is 0 Å². The Kier molecular flexibility index (Phi) is 5.78. The third-order valence-corrected chi connectivity index (χ3v) is 6.07. The molecule has 0 saturated carbocycles. The van der Waals surface area contributed by atoms with Crippen molar-refractivity contribution in [1.29, 1.82) is 0 Å². The van der Waals surface area contributed by atoms with Crippen LogP contribution in [0.4, 0.5) is 0 Å². The zero-order valence-electron chi connectivity index (χ0n) is 13.7. The van der Waals surface area contributed by atoms with Crippen LogP contribution in [0.25, 0.3) is 0 Å². The van der Waals surface area contributed by atoms with E-state index in [-0.39, 0.29) is 4.90 Å². The van der Waals surface area contributed by atoms with Crippen molar-refractivity contribution in [2.75, 3.05) is 21.2 Å². The second kappa shape index (κ2) is 6.77. The van der Waals surface area contributed by atoms with Gasteiger partial charge in [-0.05, 0) is 45.0 Å². The standard InChI is InChI=1S/C15H26N2O3S/c1-7-15(2,3)17(5)21(18,19)14-9-8-12(11-16-4)10-13(14)20-6/h8-10,16H,7,11H2,1-6H3. The van der Waals surface area contributed by atoms with Crippen molar-refractivity contribution < 1.29 is 13.2 Å². The fourth-order valence-corrected chi connectivity index (χ4v) is 3.65. The molecule has 0 aromatic heterocycles. The monoisotopic (exact) mass is 314 g/mol. The van der Waals surface area contributed by atoms with Gasteiger partial charge in [0.05, 0.1) is 7.11 Å². The molecule has 21 heavy (non-hydrogen) atoms. The summed E-state index contributed by atoms with van der Waals surface area (Å²) in [7, 11) is 1.35. The summed E-state index contributed by atoms with van der Waals surface area (Å²) in [5.41, 5.74) is 0.527. The average molecular weight is 314 g/mol. The Morgan fingerprint density at radius 2 is 1.95 bits per heavy atom. The van der Waals surface area contributed by atoms with Gasteiger partial charge >= 0.3 is 0 Å². The molecule has 0 aliphatic rings. The minimum Gasteiger partial charge on any atom is -0.495 e. The van der Waals surface area contributed by atoms with Crippen LogP contribution in [0, 0.1) is 0 Å². The van der Waals surface area contributed by atoms with E-state index in [1.165, 1.54) is 11.4 Å². The molecule has 0 unspecified atom stereocenters. The maximum atomic E-state index is 12.8. The Morgan fingerprint density at radius 3 is 2.43 bits per heavy atom. The highest BCUT2D eigenvalue weighted by Crippen LogP contribution is 2.31. The van der Waals surface area contributed by atoms with Crippen LogP contribution >= 0.6 is 0 Å². The smallest absolute Gasteiger partial charge is 0.246 e. The molecule has 1 N–H and O–H groups in total. The second-order valence-corrected chi connectivity index (χ2v) is 7.59. The molecule has 0 radical (unpaired) electrons. The van der Waals surface area contributed by atoms with Gasteiger partial charge in [-0.1, -0.05) is 13.0 Å². The average Bonchev–Trinajstić information content (AvgIpc) is 2.46. The third kappa shape index (κ3) is 3.75. The molecule has 6 heteroatoms. The zero-order chi connectivity index (χ0) is 16.3. The van der Waals surface area contributed by atoms with E-state index < -0.39 is 15.6 Å². The first kappa shape index (κ1) is 17.9. The van der Waals surface area contributed by atoms with E-state index in [1.807, 2.05) is 27.8 Å². The highest BCUT2D eigenvalue weighted by molar-refractivity contribution is 7.89. The van der Waals surface area contributed by atoms with Crippen molar-refractivity contribution >= 4 is 10.0 Å². The van der Waals surface area contributed by atoms with Gasteiger partial charge in [0.2, 0.25) is 10.0 Å². The number of sulfonamides is 1. The highest BCUT2D eigenvalue weighted by Gasteiger charge is 2.34. The van der Waals surface area contributed by atoms with E-state index in [2.05, 4.69) is 5.32 Å². The summed E-state index contributed by atoms with van der Waals surface area (Å²) in [5, 5.41) is 3.03. The Bertz CT molecular complexity index is 583. The van der Waals surface area contributed by atoms with Crippen molar-refractivity contribution in [3.05, 3.63) is 23.8 Å². The lowest BCUT2D eigenvalue weighted by Gasteiger charge is -2.34. The largest absolute Gasteiger partial charge is 0.495 e. The van der Waals surface area contributed by atoms with Crippen LogP contribution in [0.5, 0.6) is 5.75 Å². The molecule has 0 fully saturated rings. The molecule has 0 spiro atoms. The molecular weight excluding hydrogens is 288 g/mol. The summed E-state index contributed by atoms with van der Waals surface area (Å²) in [5.74, 6) is 0.376. The van der Waals surface area contributed by atoms with E-state index in [1.54, 1.807) is 25.2 Å². The van der Waals surface area contributed by atoms with Crippen molar-refractivity contribution in [2.24, 2.45) is 0 Å². The molecule has 1 aromatic carbocycles. The maximum absolute atomic E-state index is 12.8. The number of ether oxygens (including phenoxy) is 1. The number of nitrogens with zero attached hydrogens (tertiary/aromatic N) is 1. The number of nitrogens with one attached hydrogen (secondary N) is 1. The van der Waals surface area contributed by atoms with Crippen LogP contribution < -0.4 is 10.1 Å². The Balaban J connectivity index is 3.31. The first-order valence-electron chi connectivity index (χ1n) is 7.01. The molecule has 0 saturated heterocycles. The minimum atomic E-state index is -3.60. The molecule has 1 aromatic rings. The summed E-state index contributed by atoms with van der Waals surface area (Å²) in [6, 6.07) is 5.18. The van der Waals surface area contributed by atoms with Crippen LogP contribution in [0.3, 0.4) is 0 Å². The minimum absolute atomic E-state index is 0.203. The van der Waals surface area contributed by atoms with Crippen LogP contribution in [-0.2, 0) is 16.6 Å². The first-order valence-corrected chi connectivity index (χ1v) is 8.45. The number of hydrogen-bond acceptors (Lipinski definition) is 4. The van der Waals surface area contributed by atoms with Crippen LogP contribution in [0.1, 0.15) is 32.8 Å². The molecule has 1 rings (SSSR count). The molecule has 5 nitrogen and oxygen atoms in total. The molecule has 0 heterocycles. The van der Waals surface area contributed by atoms with Gasteiger partial charge in [-0.15, -0.1) is 0 Å². The number of rotatable bonds is 7. The van der Waals surface area contributed by atoms with E-state index in [9.17, 15) is 8.42 Å². The molecule has 0 atom stereocenters. The van der Waals surface area contributed by atoms with Crippen molar-refractivity contribution in [2.45, 2.75) is 44.2 Å². The van der Waals surface area contributed by atoms with Crippen LogP contribution in [0.15, 0.2) is 23.1 Å². The van der Waals surface area contributed by atoms with E-state index in [4.69, 9.17) is 4.74 Å². The number of hydrogen-bond donors (Lipinski definition) is 1. The topological polar surface area (TPSA) is 58.6 Å². The molecule has 120 valence electrons. The van der Waals surface area contributed by atoms with E-state index in [0.717, 1.165) is 12.0 Å². The number of benzene rings is 1. The van der Waals surface area contributed by atoms with Gasteiger partial charge in [0.25, 0.3) is 0 Å². The molecule has 0 aliphatic heterocycles. The lowest BCUT2D eigenvalue weighted by atomic mass is 10.0. The summed E-state index contributed by atoms with van der Waals surface area (Å²) < 4.78 is 32.3. The zero-order valence-corrected chi connectivity index (χ0v) is 14.5.